The highest BCUT2D eigenvalue weighted by atomic mass is 32.2. The molecule has 142 valence electrons. The van der Waals surface area contributed by atoms with E-state index in [-0.39, 0.29) is 29.4 Å². The Hall–Kier alpha value is -2.68. The molecule has 0 aliphatic rings. The summed E-state index contributed by atoms with van der Waals surface area (Å²) in [5.41, 5.74) is 2.43. The van der Waals surface area contributed by atoms with Crippen LogP contribution >= 0.6 is 11.8 Å². The Labute approximate surface area is 157 Å². The van der Waals surface area contributed by atoms with E-state index in [1.807, 2.05) is 0 Å². The maximum atomic E-state index is 13.3. The molecule has 0 aliphatic heterocycles. The van der Waals surface area contributed by atoms with Crippen molar-refractivity contribution >= 4 is 34.5 Å². The van der Waals surface area contributed by atoms with Gasteiger partial charge in [-0.2, -0.15) is 0 Å². The maximum absolute atomic E-state index is 13.3. The number of Topliss-reactive ketones (excluding diaryl/α,β-unsaturated/α-hetero) is 1. The first-order valence-electron chi connectivity index (χ1n) is 8.18. The molecule has 2 heterocycles. The number of aryl methyl sites for hydroxylation is 1. The van der Waals surface area contributed by atoms with Gasteiger partial charge in [-0.3, -0.25) is 4.79 Å². The van der Waals surface area contributed by atoms with Gasteiger partial charge >= 0.3 is 5.97 Å². The number of ketones is 1. The number of aromatic nitrogens is 3. The summed E-state index contributed by atoms with van der Waals surface area (Å²) in [5, 5.41) is 0.375. The second-order valence-electron chi connectivity index (χ2n) is 5.88. The van der Waals surface area contributed by atoms with E-state index in [2.05, 4.69) is 15.0 Å². The Morgan fingerprint density at radius 2 is 1.89 bits per heavy atom. The summed E-state index contributed by atoms with van der Waals surface area (Å²) in [4.78, 5) is 34.5. The molecule has 0 saturated heterocycles. The van der Waals surface area contributed by atoms with Gasteiger partial charge < -0.3 is 14.7 Å². The van der Waals surface area contributed by atoms with E-state index in [0.717, 1.165) is 23.9 Å². The van der Waals surface area contributed by atoms with Gasteiger partial charge in [0, 0.05) is 23.4 Å². The highest BCUT2D eigenvalue weighted by Gasteiger charge is 2.23. The minimum absolute atomic E-state index is 0.0482. The number of imidazole rings is 1. The van der Waals surface area contributed by atoms with Crippen LogP contribution < -0.4 is 0 Å². The number of nitrogens with zero attached hydrogens (tertiary/aromatic N) is 1. The lowest BCUT2D eigenvalue weighted by Gasteiger charge is -2.02. The van der Waals surface area contributed by atoms with E-state index in [1.54, 1.807) is 20.8 Å². The Bertz CT molecular complexity index is 1000. The third-order valence-corrected chi connectivity index (χ3v) is 4.91. The molecular weight excluding hydrogens is 376 g/mol. The number of carbonyl (C=O) groups excluding carboxylic acids is 2. The van der Waals surface area contributed by atoms with Crippen molar-refractivity contribution in [3.8, 4) is 0 Å². The van der Waals surface area contributed by atoms with Crippen LogP contribution in [-0.4, -0.2) is 39.1 Å². The number of nitrogens with one attached hydrogen (secondary N) is 2. The molecule has 27 heavy (non-hydrogen) atoms. The quantitative estimate of drug-likeness (QED) is 0.376. The van der Waals surface area contributed by atoms with Crippen LogP contribution in [0.2, 0.25) is 0 Å². The zero-order chi connectivity index (χ0) is 19.7. The van der Waals surface area contributed by atoms with Crippen molar-refractivity contribution in [3.05, 3.63) is 46.3 Å². The molecule has 0 unspecified atom stereocenters. The highest BCUT2D eigenvalue weighted by Crippen LogP contribution is 2.25. The number of hydrogen-bond donors (Lipinski definition) is 2. The predicted octanol–water partition coefficient (Wildman–Crippen LogP) is 3.94. The van der Waals surface area contributed by atoms with Gasteiger partial charge in [0.15, 0.2) is 22.6 Å². The Morgan fingerprint density at radius 3 is 2.59 bits per heavy atom. The SMILES string of the molecule is CCOC(=O)c1[nH]c(C)c(C(=O)CSc2nc3cc(F)c(F)cc3[nH]2)c1C. The second kappa shape index (κ2) is 7.51. The van der Waals surface area contributed by atoms with Crippen LogP contribution in [0.15, 0.2) is 17.3 Å². The number of fused-ring (bicyclic) bond motifs is 1. The molecule has 0 amide bonds. The van der Waals surface area contributed by atoms with Crippen molar-refractivity contribution in [2.24, 2.45) is 0 Å². The lowest BCUT2D eigenvalue weighted by atomic mass is 10.1. The fraction of sp³-hybridized carbons (Fsp3) is 0.278. The topological polar surface area (TPSA) is 87.8 Å². The van der Waals surface area contributed by atoms with Crippen LogP contribution in [0.5, 0.6) is 0 Å². The summed E-state index contributed by atoms with van der Waals surface area (Å²) in [6.45, 7) is 5.33. The van der Waals surface area contributed by atoms with Crippen LogP contribution in [0.4, 0.5) is 8.78 Å². The fourth-order valence-corrected chi connectivity index (χ4v) is 3.59. The molecule has 1 aromatic carbocycles. The molecule has 3 rings (SSSR count). The van der Waals surface area contributed by atoms with E-state index < -0.39 is 17.6 Å². The zero-order valence-electron chi connectivity index (χ0n) is 14.9. The van der Waals surface area contributed by atoms with Crippen molar-refractivity contribution in [2.75, 3.05) is 12.4 Å². The van der Waals surface area contributed by atoms with Gasteiger partial charge in [-0.15, -0.1) is 0 Å². The number of aromatic amines is 2. The number of halogens is 2. The summed E-state index contributed by atoms with van der Waals surface area (Å²) >= 11 is 1.11. The average Bonchev–Trinajstić information content (AvgIpc) is 3.13. The first-order valence-corrected chi connectivity index (χ1v) is 9.17. The number of benzene rings is 1. The van der Waals surface area contributed by atoms with Crippen molar-refractivity contribution in [1.29, 1.82) is 0 Å². The number of ether oxygens (including phenoxy) is 1. The lowest BCUT2D eigenvalue weighted by Crippen LogP contribution is -2.08. The van der Waals surface area contributed by atoms with Crippen molar-refractivity contribution in [2.45, 2.75) is 25.9 Å². The van der Waals surface area contributed by atoms with Gasteiger partial charge in [-0.05, 0) is 26.3 Å². The number of hydrogen-bond acceptors (Lipinski definition) is 5. The van der Waals surface area contributed by atoms with Gasteiger partial charge in [0.05, 0.1) is 23.4 Å². The van der Waals surface area contributed by atoms with Crippen LogP contribution in [0, 0.1) is 25.5 Å². The summed E-state index contributed by atoms with van der Waals surface area (Å²) in [5.74, 6) is -2.60. The number of H-pyrrole nitrogens is 2. The van der Waals surface area contributed by atoms with E-state index in [0.29, 0.717) is 27.5 Å². The molecule has 0 bridgehead atoms. The number of thioether (sulfide) groups is 1. The van der Waals surface area contributed by atoms with Crippen LogP contribution in [-0.2, 0) is 4.74 Å². The third-order valence-electron chi connectivity index (χ3n) is 4.04. The molecule has 0 fully saturated rings. The molecule has 2 aromatic heterocycles. The smallest absolute Gasteiger partial charge is 0.355 e. The number of esters is 1. The largest absolute Gasteiger partial charge is 0.461 e. The molecule has 0 radical (unpaired) electrons. The van der Waals surface area contributed by atoms with Crippen molar-refractivity contribution < 1.29 is 23.1 Å². The maximum Gasteiger partial charge on any atom is 0.355 e. The highest BCUT2D eigenvalue weighted by molar-refractivity contribution is 7.99. The monoisotopic (exact) mass is 393 g/mol. The van der Waals surface area contributed by atoms with Crippen LogP contribution in [0.25, 0.3) is 11.0 Å². The molecule has 6 nitrogen and oxygen atoms in total. The Morgan fingerprint density at radius 1 is 1.19 bits per heavy atom. The van der Waals surface area contributed by atoms with Gasteiger partial charge in [0.25, 0.3) is 0 Å². The van der Waals surface area contributed by atoms with Crippen LogP contribution in [0.1, 0.15) is 39.0 Å². The lowest BCUT2D eigenvalue weighted by molar-refractivity contribution is 0.0519. The first kappa shape index (κ1) is 19.1. The molecule has 0 spiro atoms. The van der Waals surface area contributed by atoms with E-state index in [9.17, 15) is 18.4 Å². The average molecular weight is 393 g/mol. The minimum atomic E-state index is -0.980. The second-order valence-corrected chi connectivity index (χ2v) is 6.85. The Kier molecular flexibility index (Phi) is 5.31. The molecule has 3 aromatic rings. The minimum Gasteiger partial charge on any atom is -0.461 e. The van der Waals surface area contributed by atoms with Gasteiger partial charge in [0.1, 0.15) is 5.69 Å². The van der Waals surface area contributed by atoms with Crippen molar-refractivity contribution in [3.63, 3.8) is 0 Å². The molecular formula is C18H17F2N3O3S. The van der Waals surface area contributed by atoms with Gasteiger partial charge in [-0.1, -0.05) is 11.8 Å². The molecule has 0 saturated carbocycles. The summed E-state index contributed by atoms with van der Waals surface area (Å²) in [7, 11) is 0. The summed E-state index contributed by atoms with van der Waals surface area (Å²) in [6, 6.07) is 2.02. The molecule has 0 atom stereocenters. The van der Waals surface area contributed by atoms with E-state index in [1.165, 1.54) is 0 Å². The van der Waals surface area contributed by atoms with E-state index >= 15 is 0 Å². The molecule has 9 heteroatoms. The zero-order valence-corrected chi connectivity index (χ0v) is 15.7. The van der Waals surface area contributed by atoms with E-state index in [4.69, 9.17) is 4.74 Å². The predicted molar refractivity (Wildman–Crippen MR) is 97.3 cm³/mol. The van der Waals surface area contributed by atoms with Crippen molar-refractivity contribution in [1.82, 2.24) is 15.0 Å². The molecule has 0 aliphatic carbocycles. The standard InChI is InChI=1S/C18H17F2N3O3S/c1-4-26-17(25)16-8(2)15(9(3)21-16)14(24)7-27-18-22-12-5-10(19)11(20)6-13(12)23-18/h5-6,21H,4,7H2,1-3H3,(H,22,23). The normalized spacial score (nSPS) is 11.1. The first-order chi connectivity index (χ1) is 12.8. The number of carbonyl (C=O) groups is 2. The fourth-order valence-electron chi connectivity index (χ4n) is 2.83. The summed E-state index contributed by atoms with van der Waals surface area (Å²) in [6.07, 6.45) is 0. The number of rotatable bonds is 6. The molecule has 2 N–H and O–H groups in total. The van der Waals surface area contributed by atoms with Crippen LogP contribution in [0.3, 0.4) is 0 Å². The summed E-state index contributed by atoms with van der Waals surface area (Å²) < 4.78 is 31.5. The van der Waals surface area contributed by atoms with Gasteiger partial charge in [-0.25, -0.2) is 18.6 Å². The van der Waals surface area contributed by atoms with Gasteiger partial charge in [0.2, 0.25) is 0 Å². The third kappa shape index (κ3) is 3.73. The Balaban J connectivity index is 1.77.